The number of unbranched alkanes of at least 4 members (excludes halogenated alkanes) is 2. The number of methoxy groups -OCH3 is 2. The van der Waals surface area contributed by atoms with Gasteiger partial charge >= 0.3 is 0 Å². The number of nitrogens with one attached hydrogen (secondary N) is 5. The van der Waals surface area contributed by atoms with E-state index in [-0.39, 0.29) is 108 Å². The Balaban J connectivity index is 1.29. The second-order valence-electron chi connectivity index (χ2n) is 23.1. The van der Waals surface area contributed by atoms with Crippen molar-refractivity contribution in [2.45, 2.75) is 194 Å². The van der Waals surface area contributed by atoms with E-state index >= 15 is 0 Å². The molecule has 79 heavy (non-hydrogen) atoms. The van der Waals surface area contributed by atoms with E-state index in [4.69, 9.17) is 9.47 Å². The van der Waals surface area contributed by atoms with Gasteiger partial charge in [0.05, 0.1) is 42.7 Å². The first-order chi connectivity index (χ1) is 37.6. The lowest BCUT2D eigenvalue weighted by molar-refractivity contribution is -0.143. The van der Waals surface area contributed by atoms with Crippen molar-refractivity contribution in [2.75, 3.05) is 47.4 Å². The Bertz CT molecular complexity index is 2220. The Labute approximate surface area is 470 Å². The number of ketones is 1. The summed E-state index contributed by atoms with van der Waals surface area (Å²) < 4.78 is 12.2. The number of benzene rings is 1. The van der Waals surface area contributed by atoms with Gasteiger partial charge in [-0.1, -0.05) is 105 Å². The van der Waals surface area contributed by atoms with Crippen LogP contribution >= 0.6 is 0 Å². The summed E-state index contributed by atoms with van der Waals surface area (Å²) in [5.74, 6) is -3.76. The molecule has 2 fully saturated rings. The number of carbonyl (C=O) groups excluding carboxylic acids is 9. The van der Waals surface area contributed by atoms with Crippen LogP contribution in [0.3, 0.4) is 0 Å². The SMILES string of the molecule is CCCNC(=O)C1(NC(=O)C(C)C(OC)C2CCCN2C(=O)CC(OC)C(CCC(C)C(=O)C(NC(=O)C(C(C)C)N(C)CCCC(=O)NNC(=O)CCCCCN2C(=O)C=CC2=O)C(C)C)C(C)CC)CC1c1ccccc1. The van der Waals surface area contributed by atoms with Crippen LogP contribution in [0.2, 0.25) is 0 Å². The third kappa shape index (κ3) is 18.5. The summed E-state index contributed by atoms with van der Waals surface area (Å²) in [6, 6.07) is 8.06. The molecule has 0 spiro atoms. The molecule has 19 heteroatoms. The third-order valence-corrected chi connectivity index (χ3v) is 16.7. The maximum Gasteiger partial charge on any atom is 0.253 e. The molecule has 4 rings (SSSR count). The first kappa shape index (κ1) is 66.0. The summed E-state index contributed by atoms with van der Waals surface area (Å²) in [5, 5.41) is 9.24. The van der Waals surface area contributed by atoms with Gasteiger partial charge in [0.15, 0.2) is 5.78 Å². The Morgan fingerprint density at radius 1 is 0.797 bits per heavy atom. The average molecular weight is 1110 g/mol. The fraction of sp³-hybridized carbons (Fsp3) is 0.717. The highest BCUT2D eigenvalue weighted by atomic mass is 16.5. The highest BCUT2D eigenvalue weighted by Crippen LogP contribution is 2.52. The summed E-state index contributed by atoms with van der Waals surface area (Å²) in [4.78, 5) is 124. The van der Waals surface area contributed by atoms with Gasteiger partial charge in [0.1, 0.15) is 5.54 Å². The zero-order chi connectivity index (χ0) is 58.6. The van der Waals surface area contributed by atoms with Crippen molar-refractivity contribution < 1.29 is 52.6 Å². The van der Waals surface area contributed by atoms with Crippen LogP contribution in [0.25, 0.3) is 0 Å². The largest absolute Gasteiger partial charge is 0.381 e. The predicted octanol–water partition coefficient (Wildman–Crippen LogP) is 5.76. The number of Topliss-reactive ketones (excluding diaryl/α,β-unsaturated/α-hetero) is 1. The number of ether oxygens (including phenoxy) is 2. The van der Waals surface area contributed by atoms with E-state index in [1.54, 1.807) is 21.1 Å². The van der Waals surface area contributed by atoms with E-state index in [2.05, 4.69) is 40.6 Å². The molecular formula is C60H96N8O11. The molecule has 1 saturated carbocycles. The molecule has 0 radical (unpaired) electrons. The molecule has 442 valence electrons. The van der Waals surface area contributed by atoms with Gasteiger partial charge in [-0.25, -0.2) is 0 Å². The molecule has 1 aliphatic carbocycles. The molecule has 0 bridgehead atoms. The van der Waals surface area contributed by atoms with Crippen molar-refractivity contribution in [3.63, 3.8) is 0 Å². The monoisotopic (exact) mass is 1100 g/mol. The Morgan fingerprint density at radius 3 is 2.03 bits per heavy atom. The number of nitrogens with zero attached hydrogens (tertiary/aromatic N) is 3. The Hall–Kier alpha value is -5.53. The van der Waals surface area contributed by atoms with E-state index in [1.165, 1.54) is 12.2 Å². The number of imide groups is 1. The second-order valence-corrected chi connectivity index (χ2v) is 23.1. The number of carbonyl (C=O) groups is 9. The zero-order valence-electron chi connectivity index (χ0n) is 49.5. The van der Waals surface area contributed by atoms with Crippen molar-refractivity contribution in [2.24, 2.45) is 35.5 Å². The molecule has 1 aromatic carbocycles. The van der Waals surface area contributed by atoms with E-state index < -0.39 is 41.7 Å². The average Bonchev–Trinajstić information content (AvgIpc) is 3.93. The fourth-order valence-electron chi connectivity index (χ4n) is 11.6. The quantitative estimate of drug-likeness (QED) is 0.0310. The zero-order valence-corrected chi connectivity index (χ0v) is 49.5. The van der Waals surface area contributed by atoms with Gasteiger partial charge in [-0.3, -0.25) is 63.8 Å². The van der Waals surface area contributed by atoms with E-state index in [0.29, 0.717) is 77.5 Å². The van der Waals surface area contributed by atoms with Crippen LogP contribution in [0.1, 0.15) is 164 Å². The summed E-state index contributed by atoms with van der Waals surface area (Å²) in [7, 11) is 5.01. The van der Waals surface area contributed by atoms with Crippen LogP contribution in [0.5, 0.6) is 0 Å². The molecule has 8 amide bonds. The summed E-state index contributed by atoms with van der Waals surface area (Å²) in [6.45, 7) is 19.4. The van der Waals surface area contributed by atoms with Crippen LogP contribution < -0.4 is 26.8 Å². The minimum absolute atomic E-state index is 0.0591. The van der Waals surface area contributed by atoms with Crippen molar-refractivity contribution in [1.29, 1.82) is 0 Å². The minimum Gasteiger partial charge on any atom is -0.381 e. The maximum atomic E-state index is 14.5. The van der Waals surface area contributed by atoms with Gasteiger partial charge in [0.25, 0.3) is 11.8 Å². The predicted molar refractivity (Wildman–Crippen MR) is 302 cm³/mol. The van der Waals surface area contributed by atoms with Crippen LogP contribution in [0.4, 0.5) is 0 Å². The lowest BCUT2D eigenvalue weighted by Gasteiger charge is -2.36. The fourth-order valence-corrected chi connectivity index (χ4v) is 11.6. The van der Waals surface area contributed by atoms with Crippen molar-refractivity contribution >= 4 is 53.0 Å². The van der Waals surface area contributed by atoms with E-state index in [0.717, 1.165) is 29.7 Å². The Kier molecular flexibility index (Phi) is 26.8. The number of likely N-dealkylation sites (tertiary alicyclic amines) is 1. The van der Waals surface area contributed by atoms with Gasteiger partial charge in [-0.15, -0.1) is 0 Å². The van der Waals surface area contributed by atoms with E-state index in [9.17, 15) is 43.2 Å². The smallest absolute Gasteiger partial charge is 0.253 e. The van der Waals surface area contributed by atoms with Gasteiger partial charge in [-0.05, 0) is 101 Å². The third-order valence-electron chi connectivity index (χ3n) is 16.7. The minimum atomic E-state index is -1.07. The van der Waals surface area contributed by atoms with Crippen molar-refractivity contribution in [3.8, 4) is 0 Å². The van der Waals surface area contributed by atoms with Crippen LogP contribution in [-0.4, -0.2) is 151 Å². The molecular weight excluding hydrogens is 1010 g/mol. The molecule has 11 atom stereocenters. The van der Waals surface area contributed by atoms with Gasteiger partial charge < -0.3 is 30.3 Å². The number of likely N-dealkylation sites (N-methyl/N-ethyl adjacent to an activating group) is 1. The first-order valence-corrected chi connectivity index (χ1v) is 29.2. The van der Waals surface area contributed by atoms with Crippen LogP contribution in [-0.2, 0) is 52.6 Å². The first-order valence-electron chi connectivity index (χ1n) is 29.2. The molecule has 5 N–H and O–H groups in total. The molecule has 0 aromatic heterocycles. The Morgan fingerprint density at radius 2 is 1.44 bits per heavy atom. The standard InChI is InChI=1S/C60H96N8O11/c1-13-32-61-59(77)60(37-45(60)43-23-17-15-18-24-43)63-57(75)42(9)56(79-12)46-25-21-35-67(46)52(73)36-47(78-11)44(40(7)14-2)29-28-41(8)55(74)53(38(3)4)62-58(76)54(39(5)6)66(10)33-22-27-49(70)65-64-48(69)26-19-16-20-34-68-50(71)30-31-51(68)72/h15,17-18,23-24,30-31,38-42,44-47,53-54,56H,13-14,16,19-22,25-29,32-37H2,1-12H3,(H,61,77)(H,62,76)(H,63,75)(H,64,69)(H,65,70). The molecule has 3 aliphatic rings. The second kappa shape index (κ2) is 32.1. The summed E-state index contributed by atoms with van der Waals surface area (Å²) >= 11 is 0. The molecule has 2 aliphatic heterocycles. The molecule has 2 heterocycles. The maximum absolute atomic E-state index is 14.5. The van der Waals surface area contributed by atoms with Crippen molar-refractivity contribution in [3.05, 3.63) is 48.0 Å². The summed E-state index contributed by atoms with van der Waals surface area (Å²) in [5.41, 5.74) is 4.81. The molecule has 1 saturated heterocycles. The number of hydrogen-bond donors (Lipinski definition) is 5. The van der Waals surface area contributed by atoms with Crippen LogP contribution in [0, 0.1) is 35.5 Å². The lowest BCUT2D eigenvalue weighted by Crippen LogP contribution is -2.55. The number of hydrazine groups is 1. The molecule has 1 aromatic rings. The number of rotatable bonds is 35. The topological polar surface area (TPSA) is 242 Å². The van der Waals surface area contributed by atoms with Gasteiger partial charge in [0.2, 0.25) is 35.4 Å². The number of hydrogen-bond acceptors (Lipinski definition) is 12. The number of amides is 8. The molecule has 19 nitrogen and oxygen atoms in total. The van der Waals surface area contributed by atoms with Crippen molar-refractivity contribution in [1.82, 2.24) is 41.5 Å². The highest BCUT2D eigenvalue weighted by Gasteiger charge is 2.62. The van der Waals surface area contributed by atoms with Gasteiger partial charge in [0, 0.05) is 70.7 Å². The highest BCUT2D eigenvalue weighted by molar-refractivity contribution is 6.12. The molecule has 11 unspecified atom stereocenters. The lowest BCUT2D eigenvalue weighted by atomic mass is 9.79. The van der Waals surface area contributed by atoms with E-state index in [1.807, 2.05) is 88.7 Å². The summed E-state index contributed by atoms with van der Waals surface area (Å²) in [6.07, 6.45) is 8.59. The van der Waals surface area contributed by atoms with Crippen LogP contribution in [0.15, 0.2) is 42.5 Å². The normalized spacial score (nSPS) is 21.1. The van der Waals surface area contributed by atoms with Gasteiger partial charge in [-0.2, -0.15) is 0 Å².